The van der Waals surface area contributed by atoms with Gasteiger partial charge in [0.25, 0.3) is 0 Å². The monoisotopic (exact) mass is 628 g/mol. The molecule has 1 heterocycles. The van der Waals surface area contributed by atoms with Crippen molar-refractivity contribution in [3.8, 4) is 17.1 Å². The fraction of sp³-hybridized carbons (Fsp3) is 0.241. The first-order chi connectivity index (χ1) is 16.2. The Hall–Kier alpha value is -3.01. The summed E-state index contributed by atoms with van der Waals surface area (Å²) in [5.41, 5.74) is 4.98. The molecule has 1 atom stereocenters. The number of hydrogen-bond acceptors (Lipinski definition) is 3. The fourth-order valence-corrected chi connectivity index (χ4v) is 4.93. The first-order valence-electron chi connectivity index (χ1n) is 11.7. The average Bonchev–Trinajstić information content (AvgIpc) is 3.25. The molecule has 0 amide bonds. The largest absolute Gasteiger partial charge is 0.512 e. The number of hydrogen-bond donors (Lipinski definition) is 1. The van der Waals surface area contributed by atoms with Gasteiger partial charge in [0.2, 0.25) is 0 Å². The van der Waals surface area contributed by atoms with Crippen molar-refractivity contribution in [2.24, 2.45) is 5.92 Å². The van der Waals surface area contributed by atoms with Gasteiger partial charge in [-0.25, -0.2) is 0 Å². The number of aromatic nitrogens is 2. The molecule has 0 bridgehead atoms. The summed E-state index contributed by atoms with van der Waals surface area (Å²) in [4.78, 5) is 16.2. The maximum absolute atomic E-state index is 11.4. The summed E-state index contributed by atoms with van der Waals surface area (Å²) in [6.07, 6.45) is 5.64. The van der Waals surface area contributed by atoms with Crippen molar-refractivity contribution >= 4 is 16.8 Å². The van der Waals surface area contributed by atoms with Crippen molar-refractivity contribution in [1.82, 2.24) is 9.55 Å². The Balaban J connectivity index is 0.000000180. The molecule has 2 aliphatic carbocycles. The first kappa shape index (κ1) is 24.1. The van der Waals surface area contributed by atoms with Crippen LogP contribution in [0.2, 0.25) is 0 Å². The third-order valence-corrected chi connectivity index (χ3v) is 6.47. The van der Waals surface area contributed by atoms with E-state index in [1.54, 1.807) is 0 Å². The van der Waals surface area contributed by atoms with Crippen LogP contribution >= 0.6 is 0 Å². The predicted molar refractivity (Wildman–Crippen MR) is 131 cm³/mol. The molecule has 1 aromatic heterocycles. The number of imidazole rings is 1. The van der Waals surface area contributed by atoms with Crippen molar-refractivity contribution in [2.75, 3.05) is 0 Å². The fourth-order valence-electron chi connectivity index (χ4n) is 4.93. The topological polar surface area (TPSA) is 55.1 Å². The summed E-state index contributed by atoms with van der Waals surface area (Å²) in [5, 5.41) is 9.53. The zero-order chi connectivity index (χ0) is 22.6. The van der Waals surface area contributed by atoms with E-state index >= 15 is 0 Å². The molecule has 2 aliphatic rings. The summed E-state index contributed by atoms with van der Waals surface area (Å²) in [5.74, 6) is 1.89. The second-order valence-corrected chi connectivity index (χ2v) is 8.64. The van der Waals surface area contributed by atoms with Crippen LogP contribution in [0, 0.1) is 12.0 Å². The van der Waals surface area contributed by atoms with E-state index in [4.69, 9.17) is 4.98 Å². The van der Waals surface area contributed by atoms with Crippen molar-refractivity contribution in [2.45, 2.75) is 38.5 Å². The maximum atomic E-state index is 11.4. The Labute approximate surface area is 213 Å². The molecule has 5 heteroatoms. The molecule has 3 aromatic carbocycles. The van der Waals surface area contributed by atoms with E-state index in [1.165, 1.54) is 0 Å². The smallest absolute Gasteiger partial charge is 0.162 e. The maximum Gasteiger partial charge on any atom is 0.162 e. The number of carbonyl (C=O) groups is 1. The van der Waals surface area contributed by atoms with Gasteiger partial charge in [-0.05, 0) is 55.9 Å². The molecule has 175 valence electrons. The summed E-state index contributed by atoms with van der Waals surface area (Å²) in [7, 11) is 0. The van der Waals surface area contributed by atoms with E-state index in [0.29, 0.717) is 18.1 Å². The van der Waals surface area contributed by atoms with E-state index in [0.717, 1.165) is 65.8 Å². The molecule has 4 nitrogen and oxygen atoms in total. The van der Waals surface area contributed by atoms with Crippen LogP contribution in [-0.2, 0) is 24.9 Å². The van der Waals surface area contributed by atoms with Gasteiger partial charge in [-0.1, -0.05) is 30.3 Å². The predicted octanol–water partition coefficient (Wildman–Crippen LogP) is 6.84. The Kier molecular flexibility index (Phi) is 7.76. The molecular formula is C29H27IrN2O2-. The van der Waals surface area contributed by atoms with Gasteiger partial charge in [0.15, 0.2) is 5.78 Å². The number of benzene rings is 3. The Morgan fingerprint density at radius 3 is 2.32 bits per heavy atom. The van der Waals surface area contributed by atoms with Gasteiger partial charge in [-0.2, -0.15) is 0 Å². The summed E-state index contributed by atoms with van der Waals surface area (Å²) in [6.45, 7) is 0. The van der Waals surface area contributed by atoms with Crippen molar-refractivity contribution < 1.29 is 30.0 Å². The number of para-hydroxylation sites is 3. The number of rotatable bonds is 2. The van der Waals surface area contributed by atoms with Crippen LogP contribution < -0.4 is 0 Å². The van der Waals surface area contributed by atoms with Crippen LogP contribution in [0.3, 0.4) is 0 Å². The van der Waals surface area contributed by atoms with Crippen LogP contribution in [0.15, 0.2) is 90.2 Å². The number of carbonyl (C=O) groups excluding carboxylic acids is 1. The van der Waals surface area contributed by atoms with Gasteiger partial charge < -0.3 is 9.67 Å². The minimum Gasteiger partial charge on any atom is -0.512 e. The number of ketones is 1. The van der Waals surface area contributed by atoms with Crippen LogP contribution in [0.5, 0.6) is 0 Å². The third-order valence-electron chi connectivity index (χ3n) is 6.47. The van der Waals surface area contributed by atoms with Crippen molar-refractivity contribution in [3.63, 3.8) is 0 Å². The van der Waals surface area contributed by atoms with Crippen LogP contribution in [0.1, 0.15) is 38.5 Å². The van der Waals surface area contributed by atoms with Crippen molar-refractivity contribution in [3.05, 3.63) is 96.3 Å². The zero-order valence-corrected chi connectivity index (χ0v) is 21.3. The molecule has 1 fully saturated rings. The molecule has 1 unspecified atom stereocenters. The Morgan fingerprint density at radius 1 is 0.882 bits per heavy atom. The molecule has 0 saturated heterocycles. The molecule has 4 aromatic rings. The quantitative estimate of drug-likeness (QED) is 0.248. The van der Waals surface area contributed by atoms with Gasteiger partial charge in [0, 0.05) is 44.2 Å². The Bertz CT molecular complexity index is 1300. The van der Waals surface area contributed by atoms with E-state index in [-0.39, 0.29) is 25.9 Å². The second-order valence-electron chi connectivity index (χ2n) is 8.64. The van der Waals surface area contributed by atoms with Gasteiger partial charge in [0.1, 0.15) is 0 Å². The first-order valence-corrected chi connectivity index (χ1v) is 11.7. The van der Waals surface area contributed by atoms with E-state index < -0.39 is 0 Å². The molecule has 34 heavy (non-hydrogen) atoms. The van der Waals surface area contributed by atoms with E-state index in [9.17, 15) is 9.90 Å². The summed E-state index contributed by atoms with van der Waals surface area (Å²) in [6, 6.07) is 29.7. The summed E-state index contributed by atoms with van der Waals surface area (Å²) >= 11 is 0. The SMILES string of the molecule is O=C1CCCC2CCCC(O)=C12.[Ir].[c-]1ccccc1-c1nc2ccccc2n1-c1ccccc1. The van der Waals surface area contributed by atoms with Crippen molar-refractivity contribution in [1.29, 1.82) is 0 Å². The zero-order valence-electron chi connectivity index (χ0n) is 18.9. The molecule has 0 aliphatic heterocycles. The van der Waals surface area contributed by atoms with Gasteiger partial charge in [-0.3, -0.25) is 9.78 Å². The standard InChI is InChI=1S/C19H13N2.C10H14O2.Ir/c1-3-9-15(10-4-1)19-20-17-13-7-8-14-18(17)21(19)16-11-5-2-6-12-16;11-8-5-1-3-7-4-2-6-9(12)10(7)8;/h1-9,11-14H;7,11H,1-6H2;/q-1;;. The normalized spacial score (nSPS) is 17.4. The number of aliphatic hydroxyl groups is 1. The van der Waals surface area contributed by atoms with E-state index in [2.05, 4.69) is 28.8 Å². The van der Waals surface area contributed by atoms with Crippen LogP contribution in [0.25, 0.3) is 28.1 Å². The molecular weight excluding hydrogens is 601 g/mol. The number of Topliss-reactive ketones (excluding diaryl/α,β-unsaturated/α-hetero) is 1. The molecule has 6 rings (SSSR count). The molecule has 0 spiro atoms. The average molecular weight is 628 g/mol. The number of fused-ring (bicyclic) bond motifs is 2. The van der Waals surface area contributed by atoms with Gasteiger partial charge >= 0.3 is 0 Å². The minimum absolute atomic E-state index is 0. The number of allylic oxidation sites excluding steroid dienone is 2. The van der Waals surface area contributed by atoms with Crippen LogP contribution in [0.4, 0.5) is 0 Å². The molecule has 1 radical (unpaired) electrons. The second kappa shape index (κ2) is 10.9. The van der Waals surface area contributed by atoms with Gasteiger partial charge in [0.05, 0.1) is 22.6 Å². The Morgan fingerprint density at radius 2 is 1.59 bits per heavy atom. The number of aliphatic hydroxyl groups excluding tert-OH is 1. The molecule has 1 N–H and O–H groups in total. The number of nitrogens with zero attached hydrogens (tertiary/aromatic N) is 2. The van der Waals surface area contributed by atoms with Crippen LogP contribution in [-0.4, -0.2) is 20.4 Å². The molecule has 1 saturated carbocycles. The minimum atomic E-state index is 0. The summed E-state index contributed by atoms with van der Waals surface area (Å²) < 4.78 is 2.18. The third kappa shape index (κ3) is 4.91. The van der Waals surface area contributed by atoms with E-state index in [1.807, 2.05) is 60.7 Å². The van der Waals surface area contributed by atoms with Gasteiger partial charge in [-0.15, -0.1) is 35.9 Å².